The van der Waals surface area contributed by atoms with E-state index >= 15 is 0 Å². The molecule has 0 fully saturated rings. The Morgan fingerprint density at radius 2 is 1.12 bits per heavy atom. The number of halogens is 4. The highest BCUT2D eigenvalue weighted by molar-refractivity contribution is 7.19. The molecule has 1 aromatic carbocycles. The Kier molecular flexibility index (Phi) is 23.2. The second-order valence-electron chi connectivity index (χ2n) is 13.0. The van der Waals surface area contributed by atoms with Crippen LogP contribution in [-0.2, 0) is 6.18 Å². The average Bonchev–Trinajstić information content (AvgIpc) is 3.96. The normalized spacial score (nSPS) is 10.0. The van der Waals surface area contributed by atoms with Gasteiger partial charge in [0.2, 0.25) is 0 Å². The molecule has 0 spiro atoms. The van der Waals surface area contributed by atoms with Gasteiger partial charge in [-0.3, -0.25) is 4.98 Å². The van der Waals surface area contributed by atoms with Gasteiger partial charge in [0.05, 0.1) is 5.02 Å². The number of fused-ring (bicyclic) bond motifs is 3. The topological polar surface area (TPSA) is 38.7 Å². The minimum atomic E-state index is -4.33. The van der Waals surface area contributed by atoms with Gasteiger partial charge in [0, 0.05) is 78.6 Å². The van der Waals surface area contributed by atoms with Crippen molar-refractivity contribution in [1.29, 1.82) is 0 Å². The van der Waals surface area contributed by atoms with E-state index in [4.69, 9.17) is 11.6 Å². The van der Waals surface area contributed by atoms with Crippen LogP contribution in [-0.4, -0.2) is 15.0 Å². The van der Waals surface area contributed by atoms with E-state index in [0.717, 1.165) is 15.9 Å². The largest absolute Gasteiger partial charge is 0.433 e. The number of aromatic nitrogens is 3. The number of aryl methyl sites for hydroxylation is 9. The molecule has 0 aliphatic rings. The third-order valence-corrected chi connectivity index (χ3v) is 13.1. The highest BCUT2D eigenvalue weighted by Crippen LogP contribution is 2.28. The first-order valence-electron chi connectivity index (χ1n) is 17.8. The number of hydrogen-bond donors (Lipinski definition) is 0. The van der Waals surface area contributed by atoms with Gasteiger partial charge in [0.15, 0.2) is 0 Å². The number of hydrogen-bond acceptors (Lipinski definition) is 8. The quantitative estimate of drug-likeness (QED) is 0.152. The van der Waals surface area contributed by atoms with Crippen molar-refractivity contribution in [3.63, 3.8) is 0 Å². The summed E-state index contributed by atoms with van der Waals surface area (Å²) in [5.41, 5.74) is 0.886. The zero-order valence-corrected chi connectivity index (χ0v) is 38.1. The van der Waals surface area contributed by atoms with Crippen LogP contribution in [0.15, 0.2) is 110 Å². The monoisotopic (exact) mass is 927 g/mol. The maximum absolute atomic E-state index is 11.9. The Balaban J connectivity index is 0.000000359. The zero-order valence-electron chi connectivity index (χ0n) is 33.3. The number of alkyl halides is 3. The summed E-state index contributed by atoms with van der Waals surface area (Å²) in [5, 5.41) is 4.78. The van der Waals surface area contributed by atoms with Crippen molar-refractivity contribution >= 4 is 98.7 Å². The number of rotatable bonds is 0. The Morgan fingerprint density at radius 3 is 1.62 bits per heavy atom. The van der Waals surface area contributed by atoms with E-state index in [-0.39, 0.29) is 22.3 Å². The molecule has 9 aromatic rings. The fraction of sp³-hybridized carbons (Fsp3) is 0.271. The van der Waals surface area contributed by atoms with Crippen molar-refractivity contribution in [3.8, 4) is 0 Å². The van der Waals surface area contributed by atoms with Crippen molar-refractivity contribution in [3.05, 3.63) is 166 Å². The lowest BCUT2D eigenvalue weighted by Gasteiger charge is -2.04. The molecule has 12 heteroatoms. The summed E-state index contributed by atoms with van der Waals surface area (Å²) in [6, 6.07) is 29.3. The van der Waals surface area contributed by atoms with Crippen LogP contribution in [0.4, 0.5) is 13.2 Å². The lowest BCUT2D eigenvalue weighted by atomic mass is 10.2. The van der Waals surface area contributed by atoms with E-state index in [1.54, 1.807) is 22.7 Å². The molecule has 8 aromatic heterocycles. The summed E-state index contributed by atoms with van der Waals surface area (Å²) in [4.78, 5) is 22.1. The second-order valence-corrected chi connectivity index (χ2v) is 20.2. The molecule has 0 saturated carbocycles. The van der Waals surface area contributed by atoms with Gasteiger partial charge < -0.3 is 0 Å². The van der Waals surface area contributed by atoms with E-state index < -0.39 is 11.9 Å². The van der Waals surface area contributed by atoms with Crippen LogP contribution in [0, 0.1) is 62.3 Å². The van der Waals surface area contributed by atoms with Gasteiger partial charge in [-0.15, -0.1) is 56.7 Å². The van der Waals surface area contributed by atoms with Gasteiger partial charge >= 0.3 is 6.18 Å². The smallest absolute Gasteiger partial charge is 0.264 e. The molecule has 0 aliphatic carbocycles. The van der Waals surface area contributed by atoms with Crippen molar-refractivity contribution in [2.75, 3.05) is 0 Å². The second kappa shape index (κ2) is 25.7. The van der Waals surface area contributed by atoms with E-state index in [1.165, 1.54) is 84.3 Å². The predicted molar refractivity (Wildman–Crippen MR) is 267 cm³/mol. The van der Waals surface area contributed by atoms with Crippen molar-refractivity contribution < 1.29 is 13.2 Å². The van der Waals surface area contributed by atoms with E-state index in [0.29, 0.717) is 5.69 Å². The number of nitrogens with zero attached hydrogens (tertiary/aromatic N) is 3. The Morgan fingerprint density at radius 1 is 0.517 bits per heavy atom. The van der Waals surface area contributed by atoms with Crippen LogP contribution in [0.5, 0.6) is 0 Å². The van der Waals surface area contributed by atoms with Crippen LogP contribution in [0.25, 0.3) is 30.4 Å². The lowest BCUT2D eigenvalue weighted by Crippen LogP contribution is -2.07. The standard InChI is InChI=1S/C10H10S.2C8H7NS.C7H6F3N.C6H7ClS.C6H8S.3CH4/c1-7-3-4-9-6-8(2)11-10(9)5-7;1-6-4-7-5-9-3-2-8(7)10-6;1-6-5-7-3-2-4-9-8(7)10-6;1-5-3-2-4-6(11-5)7(8,9)10;1-4-3-6(7)5(2)8-4;1-5-3-4-6(2)7-5;;;/h3-6H,1-2H3;2*2-5H,1H3;2-4H,1H3;3H,1-2H3;3-4H,1-2H3;3*1H4. The van der Waals surface area contributed by atoms with Crippen molar-refractivity contribution in [2.45, 2.75) is 90.8 Å². The Bertz CT molecular complexity index is 2440. The molecule has 0 bridgehead atoms. The predicted octanol–water partition coefficient (Wildman–Crippen LogP) is 18.4. The summed E-state index contributed by atoms with van der Waals surface area (Å²) in [5.74, 6) is 0. The highest BCUT2D eigenvalue weighted by Gasteiger charge is 2.32. The fourth-order valence-electron chi connectivity index (χ4n) is 5.14. The minimum Gasteiger partial charge on any atom is -0.264 e. The molecule has 0 unspecified atom stereocenters. The van der Waals surface area contributed by atoms with Gasteiger partial charge in [-0.05, 0) is 140 Å². The molecule has 0 N–H and O–H groups in total. The van der Waals surface area contributed by atoms with Gasteiger partial charge in [0.1, 0.15) is 10.5 Å². The first-order valence-corrected chi connectivity index (χ1v) is 22.3. The molecule has 0 amide bonds. The van der Waals surface area contributed by atoms with E-state index in [1.807, 2.05) is 77.7 Å². The zero-order chi connectivity index (χ0) is 41.7. The van der Waals surface area contributed by atoms with Crippen LogP contribution in [0.3, 0.4) is 0 Å². The van der Waals surface area contributed by atoms with Crippen LogP contribution in [0.1, 0.15) is 73.4 Å². The fourth-order valence-corrected chi connectivity index (χ4v) is 9.85. The number of thiophene rings is 5. The van der Waals surface area contributed by atoms with E-state index in [9.17, 15) is 13.2 Å². The molecule has 60 heavy (non-hydrogen) atoms. The molecule has 0 aliphatic heterocycles. The molecule has 0 saturated heterocycles. The van der Waals surface area contributed by atoms with Gasteiger partial charge in [-0.2, -0.15) is 13.2 Å². The van der Waals surface area contributed by atoms with Gasteiger partial charge in [-0.1, -0.05) is 58.1 Å². The Hall–Kier alpha value is -3.97. The maximum atomic E-state index is 11.9. The van der Waals surface area contributed by atoms with E-state index in [2.05, 4.69) is 118 Å². The molecule has 3 nitrogen and oxygen atoms in total. The summed E-state index contributed by atoms with van der Waals surface area (Å²) in [6.45, 7) is 18.4. The number of benzene rings is 1. The molecule has 0 atom stereocenters. The lowest BCUT2D eigenvalue weighted by molar-refractivity contribution is -0.141. The SMILES string of the molecule is C.C.C.Cc1cc(Cl)c(C)s1.Cc1cc2cccnc2s1.Cc1cc2cnccc2s1.Cc1ccc(C)s1.Cc1ccc2cc(C)sc2c1.Cc1cccc(C(F)(F)F)n1. The van der Waals surface area contributed by atoms with Gasteiger partial charge in [0.25, 0.3) is 0 Å². The summed E-state index contributed by atoms with van der Waals surface area (Å²) >= 11 is 14.7. The third kappa shape index (κ3) is 17.9. The summed E-state index contributed by atoms with van der Waals surface area (Å²) in [6.07, 6.45) is 1.24. The van der Waals surface area contributed by atoms with Gasteiger partial charge in [-0.25, -0.2) is 9.97 Å². The molecule has 322 valence electrons. The van der Waals surface area contributed by atoms with Crippen LogP contribution in [0.2, 0.25) is 5.02 Å². The number of pyridine rings is 3. The van der Waals surface area contributed by atoms with Crippen LogP contribution >= 0.6 is 68.3 Å². The van der Waals surface area contributed by atoms with Crippen molar-refractivity contribution in [1.82, 2.24) is 15.0 Å². The molecule has 8 heterocycles. The minimum absolute atomic E-state index is 0. The molecule has 9 rings (SSSR count). The molecule has 0 radical (unpaired) electrons. The molecular weight excluding hydrogens is 871 g/mol. The first-order chi connectivity index (χ1) is 27.0. The first kappa shape index (κ1) is 54.0. The molecular formula is C48H57ClF3N3S5. The van der Waals surface area contributed by atoms with Crippen LogP contribution < -0.4 is 0 Å². The average molecular weight is 929 g/mol. The summed E-state index contributed by atoms with van der Waals surface area (Å²) < 4.78 is 38.4. The van der Waals surface area contributed by atoms with Crippen molar-refractivity contribution in [2.24, 2.45) is 0 Å². The maximum Gasteiger partial charge on any atom is 0.433 e. The summed E-state index contributed by atoms with van der Waals surface area (Å²) in [7, 11) is 0. The third-order valence-electron chi connectivity index (χ3n) is 7.69. The highest BCUT2D eigenvalue weighted by atomic mass is 35.5. The Labute approximate surface area is 380 Å².